The van der Waals surface area contributed by atoms with Gasteiger partial charge in [-0.3, -0.25) is 0 Å². The molecule has 20 heavy (non-hydrogen) atoms. The van der Waals surface area contributed by atoms with Crippen LogP contribution >= 0.6 is 23.1 Å². The molecule has 0 radical (unpaired) electrons. The fourth-order valence-corrected chi connectivity index (χ4v) is 3.45. The van der Waals surface area contributed by atoms with E-state index in [1.165, 1.54) is 17.1 Å². The van der Waals surface area contributed by atoms with Gasteiger partial charge < -0.3 is 15.0 Å². The van der Waals surface area contributed by atoms with Crippen LogP contribution in [0, 0.1) is 6.92 Å². The Morgan fingerprint density at radius 3 is 2.90 bits per heavy atom. The topological polar surface area (TPSA) is 37.4 Å². The fourth-order valence-electron chi connectivity index (χ4n) is 1.77. The molecule has 0 aromatic carbocycles. The van der Waals surface area contributed by atoms with E-state index in [4.69, 9.17) is 9.72 Å². The standard InChI is InChI=1S/C14H27N3OS2/c1-11(6-9-19-5)17(3)14-16-12(2)13(20-14)10-15-7-8-18-4/h11,15H,6-10H2,1-5H3. The number of aromatic nitrogens is 1. The van der Waals surface area contributed by atoms with E-state index in [2.05, 4.69) is 37.4 Å². The SMILES string of the molecule is COCCNCc1sc(N(C)C(C)CCSC)nc1C. The Hall–Kier alpha value is -0.300. The normalized spacial score (nSPS) is 12.7. The van der Waals surface area contributed by atoms with Crippen molar-refractivity contribution in [1.82, 2.24) is 10.3 Å². The molecule has 1 atom stereocenters. The molecule has 116 valence electrons. The summed E-state index contributed by atoms with van der Waals surface area (Å²) in [6.07, 6.45) is 3.35. The van der Waals surface area contributed by atoms with Gasteiger partial charge in [0.25, 0.3) is 0 Å². The summed E-state index contributed by atoms with van der Waals surface area (Å²) in [5.41, 5.74) is 1.14. The maximum absolute atomic E-state index is 5.04. The maximum Gasteiger partial charge on any atom is 0.185 e. The van der Waals surface area contributed by atoms with E-state index in [0.29, 0.717) is 6.04 Å². The van der Waals surface area contributed by atoms with Crippen molar-refractivity contribution in [3.63, 3.8) is 0 Å². The number of nitrogens with zero attached hydrogens (tertiary/aromatic N) is 2. The smallest absolute Gasteiger partial charge is 0.185 e. The monoisotopic (exact) mass is 317 g/mol. The van der Waals surface area contributed by atoms with Crippen LogP contribution in [0.2, 0.25) is 0 Å². The van der Waals surface area contributed by atoms with Crippen LogP contribution < -0.4 is 10.2 Å². The molecule has 0 spiro atoms. The summed E-state index contributed by atoms with van der Waals surface area (Å²) < 4.78 is 5.04. The number of anilines is 1. The highest BCUT2D eigenvalue weighted by atomic mass is 32.2. The minimum absolute atomic E-state index is 0.530. The summed E-state index contributed by atoms with van der Waals surface area (Å²) in [7, 11) is 3.87. The van der Waals surface area contributed by atoms with Crippen LogP contribution in [0.3, 0.4) is 0 Å². The van der Waals surface area contributed by atoms with E-state index in [0.717, 1.165) is 30.5 Å². The van der Waals surface area contributed by atoms with Crippen molar-refractivity contribution < 1.29 is 4.74 Å². The zero-order valence-corrected chi connectivity index (χ0v) is 14.9. The number of aryl methyl sites for hydroxylation is 1. The third-order valence-corrected chi connectivity index (χ3v) is 5.24. The minimum atomic E-state index is 0.530. The Balaban J connectivity index is 2.54. The first-order valence-electron chi connectivity index (χ1n) is 6.97. The average Bonchev–Trinajstić information content (AvgIpc) is 2.81. The highest BCUT2D eigenvalue weighted by molar-refractivity contribution is 7.98. The summed E-state index contributed by atoms with van der Waals surface area (Å²) in [5, 5.41) is 4.51. The second kappa shape index (κ2) is 9.60. The van der Waals surface area contributed by atoms with Gasteiger partial charge in [0.2, 0.25) is 0 Å². The number of ether oxygens (including phenoxy) is 1. The second-order valence-corrected chi connectivity index (χ2v) is 6.96. The summed E-state index contributed by atoms with van der Waals surface area (Å²) >= 11 is 3.69. The van der Waals surface area contributed by atoms with E-state index in [1.54, 1.807) is 18.4 Å². The Kier molecular flexibility index (Phi) is 8.52. The molecule has 1 rings (SSSR count). The van der Waals surface area contributed by atoms with Gasteiger partial charge in [-0.25, -0.2) is 4.98 Å². The van der Waals surface area contributed by atoms with E-state index in [9.17, 15) is 0 Å². The van der Waals surface area contributed by atoms with Gasteiger partial charge in [-0.1, -0.05) is 0 Å². The number of thioether (sulfide) groups is 1. The van der Waals surface area contributed by atoms with E-state index < -0.39 is 0 Å². The molecule has 1 unspecified atom stereocenters. The molecule has 1 heterocycles. The summed E-state index contributed by atoms with van der Waals surface area (Å²) in [6, 6.07) is 0.530. The van der Waals surface area contributed by atoms with Crippen LogP contribution in [-0.4, -0.2) is 50.3 Å². The fraction of sp³-hybridized carbons (Fsp3) is 0.786. The van der Waals surface area contributed by atoms with Gasteiger partial charge in [0.15, 0.2) is 5.13 Å². The molecule has 0 fully saturated rings. The number of hydrogen-bond acceptors (Lipinski definition) is 6. The summed E-state index contributed by atoms with van der Waals surface area (Å²) in [6.45, 7) is 6.86. The van der Waals surface area contributed by atoms with Gasteiger partial charge in [-0.05, 0) is 32.3 Å². The van der Waals surface area contributed by atoms with E-state index >= 15 is 0 Å². The van der Waals surface area contributed by atoms with Gasteiger partial charge in [0, 0.05) is 38.2 Å². The maximum atomic E-state index is 5.04. The van der Waals surface area contributed by atoms with Crippen LogP contribution in [0.5, 0.6) is 0 Å². The van der Waals surface area contributed by atoms with Crippen LogP contribution in [0.25, 0.3) is 0 Å². The molecule has 1 N–H and O–H groups in total. The lowest BCUT2D eigenvalue weighted by atomic mass is 10.2. The van der Waals surface area contributed by atoms with Gasteiger partial charge in [0.05, 0.1) is 12.3 Å². The zero-order chi connectivity index (χ0) is 15.0. The third-order valence-electron chi connectivity index (χ3n) is 3.35. The Morgan fingerprint density at radius 1 is 1.50 bits per heavy atom. The average molecular weight is 318 g/mol. The molecule has 0 aliphatic rings. The molecular weight excluding hydrogens is 290 g/mol. The molecular formula is C14H27N3OS2. The van der Waals surface area contributed by atoms with Crippen LogP contribution in [0.1, 0.15) is 23.9 Å². The molecule has 0 bridgehead atoms. The first-order chi connectivity index (χ1) is 9.60. The molecule has 0 aliphatic carbocycles. The number of hydrogen-bond donors (Lipinski definition) is 1. The Labute approximate surface area is 131 Å². The lowest BCUT2D eigenvalue weighted by molar-refractivity contribution is 0.199. The van der Waals surface area contributed by atoms with E-state index in [1.807, 2.05) is 11.8 Å². The Morgan fingerprint density at radius 2 is 2.25 bits per heavy atom. The van der Waals surface area contributed by atoms with Crippen molar-refractivity contribution in [2.24, 2.45) is 0 Å². The lowest BCUT2D eigenvalue weighted by Crippen LogP contribution is -2.29. The number of rotatable bonds is 10. The quantitative estimate of drug-likeness (QED) is 0.672. The Bertz CT molecular complexity index is 384. The first kappa shape index (κ1) is 17.8. The molecule has 0 saturated carbocycles. The first-order valence-corrected chi connectivity index (χ1v) is 9.18. The van der Waals surface area contributed by atoms with Crippen molar-refractivity contribution >= 4 is 28.2 Å². The zero-order valence-electron chi connectivity index (χ0n) is 13.2. The van der Waals surface area contributed by atoms with Gasteiger partial charge >= 0.3 is 0 Å². The van der Waals surface area contributed by atoms with Gasteiger partial charge in [-0.15, -0.1) is 11.3 Å². The molecule has 0 saturated heterocycles. The summed E-state index contributed by atoms with van der Waals surface area (Å²) in [4.78, 5) is 8.32. The summed E-state index contributed by atoms with van der Waals surface area (Å²) in [5.74, 6) is 1.20. The molecule has 6 heteroatoms. The second-order valence-electron chi connectivity index (χ2n) is 4.92. The van der Waals surface area contributed by atoms with Crippen LogP contribution in [0.4, 0.5) is 5.13 Å². The number of thiazole rings is 1. The van der Waals surface area contributed by atoms with E-state index in [-0.39, 0.29) is 0 Å². The predicted octanol–water partition coefficient (Wildman–Crippen LogP) is 2.77. The predicted molar refractivity (Wildman–Crippen MR) is 91.3 cm³/mol. The molecule has 4 nitrogen and oxygen atoms in total. The van der Waals surface area contributed by atoms with Gasteiger partial charge in [0.1, 0.15) is 0 Å². The van der Waals surface area contributed by atoms with Gasteiger partial charge in [-0.2, -0.15) is 11.8 Å². The van der Waals surface area contributed by atoms with Crippen molar-refractivity contribution in [2.45, 2.75) is 32.9 Å². The minimum Gasteiger partial charge on any atom is -0.383 e. The van der Waals surface area contributed by atoms with Crippen molar-refractivity contribution in [1.29, 1.82) is 0 Å². The largest absolute Gasteiger partial charge is 0.383 e. The van der Waals surface area contributed by atoms with Crippen LogP contribution in [0.15, 0.2) is 0 Å². The number of methoxy groups -OCH3 is 1. The molecule has 0 amide bonds. The lowest BCUT2D eigenvalue weighted by Gasteiger charge is -2.23. The molecule has 1 aromatic heterocycles. The number of nitrogens with one attached hydrogen (secondary N) is 1. The highest BCUT2D eigenvalue weighted by Gasteiger charge is 2.15. The third kappa shape index (κ3) is 5.60. The van der Waals surface area contributed by atoms with Crippen LogP contribution in [-0.2, 0) is 11.3 Å². The van der Waals surface area contributed by atoms with Crippen molar-refractivity contribution in [2.75, 3.05) is 44.2 Å². The van der Waals surface area contributed by atoms with Crippen molar-refractivity contribution in [3.8, 4) is 0 Å². The highest BCUT2D eigenvalue weighted by Crippen LogP contribution is 2.27. The molecule has 1 aromatic rings. The molecule has 0 aliphatic heterocycles. The van der Waals surface area contributed by atoms with Crippen molar-refractivity contribution in [3.05, 3.63) is 10.6 Å².